The van der Waals surface area contributed by atoms with Gasteiger partial charge in [-0.25, -0.2) is 0 Å². The zero-order valence-electron chi connectivity index (χ0n) is 12.4. The van der Waals surface area contributed by atoms with E-state index in [0.29, 0.717) is 5.56 Å². The first-order valence-electron chi connectivity index (χ1n) is 6.91. The lowest BCUT2D eigenvalue weighted by Gasteiger charge is -2.17. The molecule has 0 amide bonds. The zero-order valence-corrected chi connectivity index (χ0v) is 13.2. The highest BCUT2D eigenvalue weighted by molar-refractivity contribution is 6.49. The molecule has 0 saturated carbocycles. The number of carbonyl (C=O) groups excluding carboxylic acids is 2. The number of hydrogen-bond donors (Lipinski definition) is 0. The number of ketones is 2. The summed E-state index contributed by atoms with van der Waals surface area (Å²) in [6, 6.07) is 10.4. The van der Waals surface area contributed by atoms with E-state index in [-0.39, 0.29) is 33.4 Å². The van der Waals surface area contributed by atoms with Crippen molar-refractivity contribution in [3.63, 3.8) is 0 Å². The lowest BCUT2D eigenvalue weighted by atomic mass is 9.93. The summed E-state index contributed by atoms with van der Waals surface area (Å²) in [5, 5.41) is 10.7. The maximum absolute atomic E-state index is 12.5. The number of ether oxygens (including phenoxy) is 1. The molecule has 0 radical (unpaired) electrons. The Morgan fingerprint density at radius 1 is 1.04 bits per heavy atom. The van der Waals surface area contributed by atoms with Crippen LogP contribution < -0.4 is 4.74 Å². The molecule has 2 aromatic carbocycles. The molecule has 0 heterocycles. The van der Waals surface area contributed by atoms with Gasteiger partial charge >= 0.3 is 0 Å². The van der Waals surface area contributed by atoms with Crippen LogP contribution in [0.25, 0.3) is 0 Å². The summed E-state index contributed by atoms with van der Waals surface area (Å²) >= 11 is 5.99. The highest BCUT2D eigenvalue weighted by atomic mass is 35.5. The second-order valence-corrected chi connectivity index (χ2v) is 5.53. The minimum Gasteiger partial charge on any atom is -0.451 e. The van der Waals surface area contributed by atoms with Crippen molar-refractivity contribution in [2.75, 3.05) is 0 Å². The highest BCUT2D eigenvalue weighted by Gasteiger charge is 2.33. The van der Waals surface area contributed by atoms with Gasteiger partial charge in [0.05, 0.1) is 11.0 Å². The van der Waals surface area contributed by atoms with Crippen LogP contribution in [0.3, 0.4) is 0 Å². The van der Waals surface area contributed by atoms with Crippen LogP contribution in [0, 0.1) is 17.0 Å². The average Bonchev–Trinajstić information content (AvgIpc) is 2.58. The van der Waals surface area contributed by atoms with E-state index in [2.05, 4.69) is 0 Å². The van der Waals surface area contributed by atoms with Crippen LogP contribution in [-0.2, 0) is 0 Å². The van der Waals surface area contributed by atoms with Gasteiger partial charge in [0.2, 0.25) is 11.6 Å². The van der Waals surface area contributed by atoms with E-state index in [1.165, 1.54) is 30.3 Å². The van der Waals surface area contributed by atoms with Crippen molar-refractivity contribution in [2.45, 2.75) is 6.92 Å². The largest absolute Gasteiger partial charge is 0.451 e. The van der Waals surface area contributed by atoms with E-state index >= 15 is 0 Å². The quantitative estimate of drug-likeness (QED) is 0.624. The molecule has 0 unspecified atom stereocenters. The molecular weight excluding hydrogens is 334 g/mol. The van der Waals surface area contributed by atoms with Crippen LogP contribution in [0.15, 0.2) is 53.3 Å². The van der Waals surface area contributed by atoms with Crippen LogP contribution in [0.2, 0.25) is 0 Å². The van der Waals surface area contributed by atoms with Crippen molar-refractivity contribution in [3.05, 3.63) is 80.1 Å². The molecule has 0 saturated heterocycles. The van der Waals surface area contributed by atoms with Gasteiger partial charge in [-0.15, -0.1) is 0 Å². The normalized spacial score (nSPS) is 13.8. The Morgan fingerprint density at radius 3 is 2.29 bits per heavy atom. The van der Waals surface area contributed by atoms with Gasteiger partial charge in [0.15, 0.2) is 5.76 Å². The van der Waals surface area contributed by atoms with Gasteiger partial charge in [-0.3, -0.25) is 19.7 Å². The van der Waals surface area contributed by atoms with Gasteiger partial charge in [-0.05, 0) is 19.1 Å². The number of nitro benzene ring substituents is 1. The van der Waals surface area contributed by atoms with Crippen LogP contribution >= 0.6 is 11.6 Å². The lowest BCUT2D eigenvalue weighted by Crippen LogP contribution is -2.23. The monoisotopic (exact) mass is 343 g/mol. The third-order valence-corrected chi connectivity index (χ3v) is 3.96. The van der Waals surface area contributed by atoms with Crippen molar-refractivity contribution >= 4 is 28.9 Å². The van der Waals surface area contributed by atoms with Crippen molar-refractivity contribution in [2.24, 2.45) is 0 Å². The Hall–Kier alpha value is -2.99. The van der Waals surface area contributed by atoms with E-state index < -0.39 is 16.5 Å². The molecule has 0 N–H and O–H groups in total. The minimum absolute atomic E-state index is 0.0565. The Labute approximate surface area is 141 Å². The predicted molar refractivity (Wildman–Crippen MR) is 86.4 cm³/mol. The molecule has 120 valence electrons. The zero-order chi connectivity index (χ0) is 17.4. The van der Waals surface area contributed by atoms with Crippen molar-refractivity contribution in [3.8, 4) is 5.75 Å². The molecule has 3 rings (SSSR count). The number of halogens is 1. The maximum Gasteiger partial charge on any atom is 0.276 e. The number of nitro groups is 1. The number of benzene rings is 2. The van der Waals surface area contributed by atoms with Gasteiger partial charge in [0.25, 0.3) is 5.69 Å². The van der Waals surface area contributed by atoms with Gasteiger partial charge < -0.3 is 4.74 Å². The maximum atomic E-state index is 12.5. The summed E-state index contributed by atoms with van der Waals surface area (Å²) < 4.78 is 5.43. The molecule has 2 aromatic rings. The van der Waals surface area contributed by atoms with Crippen molar-refractivity contribution in [1.29, 1.82) is 0 Å². The molecule has 0 atom stereocenters. The molecule has 0 fully saturated rings. The summed E-state index contributed by atoms with van der Waals surface area (Å²) in [5.41, 5.74) is 0.682. The molecular formula is C17H10ClNO5. The number of fused-ring (bicyclic) bond motifs is 1. The third-order valence-electron chi connectivity index (χ3n) is 3.62. The second kappa shape index (κ2) is 5.90. The Morgan fingerprint density at radius 2 is 1.67 bits per heavy atom. The molecule has 1 aliphatic carbocycles. The van der Waals surface area contributed by atoms with E-state index in [1.807, 2.05) is 0 Å². The average molecular weight is 344 g/mol. The predicted octanol–water partition coefficient (Wildman–Crippen LogP) is 3.81. The number of aryl methyl sites for hydroxylation is 1. The smallest absolute Gasteiger partial charge is 0.276 e. The summed E-state index contributed by atoms with van der Waals surface area (Å²) in [7, 11) is 0. The minimum atomic E-state index is -0.554. The van der Waals surface area contributed by atoms with Crippen molar-refractivity contribution < 1.29 is 19.2 Å². The molecule has 7 heteroatoms. The molecule has 24 heavy (non-hydrogen) atoms. The molecule has 0 aromatic heterocycles. The van der Waals surface area contributed by atoms with Crippen molar-refractivity contribution in [1.82, 2.24) is 0 Å². The number of rotatable bonds is 3. The van der Waals surface area contributed by atoms with E-state index in [4.69, 9.17) is 16.3 Å². The summed E-state index contributed by atoms with van der Waals surface area (Å²) in [6.07, 6.45) is 0. The molecule has 6 nitrogen and oxygen atoms in total. The standard InChI is InChI=1S/C17H10ClNO5/c1-9-6-7-10(8-13(9)19(22)23)24-17-14(18)15(20)11-4-2-3-5-12(11)16(17)21/h2-8H,1H3. The van der Waals surface area contributed by atoms with Crippen LogP contribution in [0.5, 0.6) is 5.75 Å². The lowest BCUT2D eigenvalue weighted by molar-refractivity contribution is -0.385. The number of allylic oxidation sites excluding steroid dienone is 2. The molecule has 0 aliphatic heterocycles. The topological polar surface area (TPSA) is 86.5 Å². The Bertz CT molecular complexity index is 932. The van der Waals surface area contributed by atoms with Gasteiger partial charge in [0.1, 0.15) is 10.8 Å². The highest BCUT2D eigenvalue weighted by Crippen LogP contribution is 2.32. The molecule has 0 bridgehead atoms. The van der Waals surface area contributed by atoms with Crippen LogP contribution in [-0.4, -0.2) is 16.5 Å². The summed E-state index contributed by atoms with van der Waals surface area (Å²) in [5.74, 6) is -1.35. The number of Topliss-reactive ketones (excluding diaryl/α,β-unsaturated/α-hetero) is 2. The second-order valence-electron chi connectivity index (χ2n) is 5.15. The fourth-order valence-corrected chi connectivity index (χ4v) is 2.61. The third kappa shape index (κ3) is 2.57. The van der Waals surface area contributed by atoms with Crippen LogP contribution in [0.1, 0.15) is 26.3 Å². The molecule has 1 aliphatic rings. The number of nitrogens with zero attached hydrogens (tertiary/aromatic N) is 1. The summed E-state index contributed by atoms with van der Waals surface area (Å²) in [6.45, 7) is 1.58. The SMILES string of the molecule is Cc1ccc(OC2=C(Cl)C(=O)c3ccccc3C2=O)cc1[N+](=O)[O-]. The van der Waals surface area contributed by atoms with E-state index in [0.717, 1.165) is 0 Å². The van der Waals surface area contributed by atoms with E-state index in [9.17, 15) is 19.7 Å². The molecule has 0 spiro atoms. The first-order valence-corrected chi connectivity index (χ1v) is 7.29. The fourth-order valence-electron chi connectivity index (χ4n) is 2.38. The van der Waals surface area contributed by atoms with Gasteiger partial charge in [0, 0.05) is 16.7 Å². The Balaban J connectivity index is 2.03. The fraction of sp³-hybridized carbons (Fsp3) is 0.0588. The van der Waals surface area contributed by atoms with E-state index in [1.54, 1.807) is 19.1 Å². The first kappa shape index (κ1) is 15.9. The Kier molecular flexibility index (Phi) is 3.91. The van der Waals surface area contributed by atoms with Crippen LogP contribution in [0.4, 0.5) is 5.69 Å². The summed E-state index contributed by atoms with van der Waals surface area (Å²) in [4.78, 5) is 35.2. The number of hydrogen-bond acceptors (Lipinski definition) is 5. The number of carbonyl (C=O) groups is 2. The first-order chi connectivity index (χ1) is 11.4. The van der Waals surface area contributed by atoms with Gasteiger partial charge in [-0.1, -0.05) is 35.9 Å². The van der Waals surface area contributed by atoms with Gasteiger partial charge in [-0.2, -0.15) is 0 Å².